The Morgan fingerprint density at radius 2 is 2.44 bits per heavy atom. The molecule has 7 nitrogen and oxygen atoms in total. The van der Waals surface area contributed by atoms with Crippen LogP contribution in [0.15, 0.2) is 33.3 Å². The van der Waals surface area contributed by atoms with Crippen molar-refractivity contribution in [3.63, 3.8) is 0 Å². The molecule has 0 fully saturated rings. The van der Waals surface area contributed by atoms with Crippen LogP contribution in [0.5, 0.6) is 0 Å². The Morgan fingerprint density at radius 1 is 1.67 bits per heavy atom. The molecule has 0 aliphatic rings. The monoisotopic (exact) mass is 264 g/mol. The van der Waals surface area contributed by atoms with Gasteiger partial charge in [0, 0.05) is 18.3 Å². The fraction of sp³-hybridized carbons (Fsp3) is 0.200. The number of amidine groups is 1. The van der Waals surface area contributed by atoms with E-state index in [4.69, 9.17) is 11.1 Å². The third-order valence-electron chi connectivity index (χ3n) is 2.28. The molecule has 0 spiro atoms. The minimum atomic E-state index is -0.247. The lowest BCUT2D eigenvalue weighted by Crippen LogP contribution is -2.16. The zero-order valence-corrected chi connectivity index (χ0v) is 10.5. The lowest BCUT2D eigenvalue weighted by atomic mass is 10.2. The number of pyridine rings is 1. The summed E-state index contributed by atoms with van der Waals surface area (Å²) in [5.74, 6) is -0.0193. The van der Waals surface area contributed by atoms with Crippen molar-refractivity contribution in [2.45, 2.75) is 23.7 Å². The lowest BCUT2D eigenvalue weighted by Gasteiger charge is -2.03. The highest BCUT2D eigenvalue weighted by Gasteiger charge is 2.09. The number of rotatable bonds is 4. The van der Waals surface area contributed by atoms with Gasteiger partial charge < -0.3 is 5.73 Å². The van der Waals surface area contributed by atoms with Crippen molar-refractivity contribution >= 4 is 17.6 Å². The Morgan fingerprint density at radius 3 is 3.11 bits per heavy atom. The standard InChI is InChI=1S/C10H12N6OS/c1-2-16-9(17)14-15-10(16)18-7-5-6(8(11)12)3-4-13-7/h3-5H,2H2,1H3,(H3,11,12)(H,14,17). The highest BCUT2D eigenvalue weighted by molar-refractivity contribution is 7.99. The zero-order chi connectivity index (χ0) is 13.1. The molecule has 2 rings (SSSR count). The minimum absolute atomic E-state index is 0.0193. The largest absolute Gasteiger partial charge is 0.384 e. The zero-order valence-electron chi connectivity index (χ0n) is 9.67. The quantitative estimate of drug-likeness (QED) is 0.547. The van der Waals surface area contributed by atoms with Crippen LogP contribution < -0.4 is 11.4 Å². The van der Waals surface area contributed by atoms with Gasteiger partial charge in [-0.25, -0.2) is 14.9 Å². The van der Waals surface area contributed by atoms with Gasteiger partial charge in [-0.3, -0.25) is 9.98 Å². The third-order valence-corrected chi connectivity index (χ3v) is 3.21. The summed E-state index contributed by atoms with van der Waals surface area (Å²) < 4.78 is 1.51. The van der Waals surface area contributed by atoms with Crippen molar-refractivity contribution in [3.8, 4) is 0 Å². The van der Waals surface area contributed by atoms with Gasteiger partial charge in [0.25, 0.3) is 0 Å². The molecule has 0 saturated heterocycles. The molecule has 0 saturated carbocycles. The van der Waals surface area contributed by atoms with E-state index in [1.807, 2.05) is 6.92 Å². The van der Waals surface area contributed by atoms with Crippen molar-refractivity contribution in [1.29, 1.82) is 5.41 Å². The van der Waals surface area contributed by atoms with Gasteiger partial charge in [0.15, 0.2) is 5.16 Å². The van der Waals surface area contributed by atoms with Gasteiger partial charge >= 0.3 is 5.69 Å². The molecule has 0 atom stereocenters. The molecule has 0 unspecified atom stereocenters. The molecule has 0 aromatic carbocycles. The molecule has 0 amide bonds. The predicted octanol–water partition coefficient (Wildman–Crippen LogP) is 0.422. The maximum absolute atomic E-state index is 11.4. The molecule has 0 aliphatic heterocycles. The van der Waals surface area contributed by atoms with Gasteiger partial charge in [-0.1, -0.05) is 0 Å². The minimum Gasteiger partial charge on any atom is -0.384 e. The molecule has 8 heteroatoms. The molecule has 2 aromatic heterocycles. The summed E-state index contributed by atoms with van der Waals surface area (Å²) in [7, 11) is 0. The summed E-state index contributed by atoms with van der Waals surface area (Å²) in [5.41, 5.74) is 5.75. The van der Waals surface area contributed by atoms with Crippen LogP contribution in [0.25, 0.3) is 0 Å². The number of aromatic nitrogens is 4. The van der Waals surface area contributed by atoms with Gasteiger partial charge in [-0.15, -0.1) is 5.10 Å². The van der Waals surface area contributed by atoms with Crippen LogP contribution in [-0.4, -0.2) is 25.6 Å². The lowest BCUT2D eigenvalue weighted by molar-refractivity contribution is 0.660. The number of nitrogens with two attached hydrogens (primary N) is 1. The first-order chi connectivity index (χ1) is 8.61. The predicted molar refractivity (Wildman–Crippen MR) is 67.9 cm³/mol. The van der Waals surface area contributed by atoms with E-state index < -0.39 is 0 Å². The number of nitrogens with zero attached hydrogens (tertiary/aromatic N) is 3. The Hall–Kier alpha value is -2.09. The Kier molecular flexibility index (Phi) is 3.47. The van der Waals surface area contributed by atoms with Gasteiger partial charge in [-0.2, -0.15) is 0 Å². The molecule has 94 valence electrons. The van der Waals surface area contributed by atoms with Gasteiger partial charge in [0.05, 0.1) is 0 Å². The highest BCUT2D eigenvalue weighted by atomic mass is 32.2. The summed E-state index contributed by atoms with van der Waals surface area (Å²) in [6.45, 7) is 2.39. The van der Waals surface area contributed by atoms with Crippen molar-refractivity contribution in [2.24, 2.45) is 5.73 Å². The van der Waals surface area contributed by atoms with Gasteiger partial charge in [0.1, 0.15) is 10.9 Å². The van der Waals surface area contributed by atoms with Crippen LogP contribution in [0.2, 0.25) is 0 Å². The van der Waals surface area contributed by atoms with E-state index in [1.165, 1.54) is 16.3 Å². The molecule has 2 aromatic rings. The number of nitrogen functional groups attached to an aromatic ring is 1. The number of nitrogens with one attached hydrogen (secondary N) is 2. The van der Waals surface area contributed by atoms with Crippen LogP contribution in [-0.2, 0) is 6.54 Å². The fourth-order valence-electron chi connectivity index (χ4n) is 1.39. The van der Waals surface area contributed by atoms with Gasteiger partial charge in [-0.05, 0) is 30.8 Å². The van der Waals surface area contributed by atoms with Crippen LogP contribution >= 0.6 is 11.8 Å². The van der Waals surface area contributed by atoms with Crippen LogP contribution in [0, 0.1) is 5.41 Å². The van der Waals surface area contributed by atoms with Crippen LogP contribution in [0.4, 0.5) is 0 Å². The molecular formula is C10H12N6OS. The second-order valence-corrected chi connectivity index (χ2v) is 4.44. The first-order valence-electron chi connectivity index (χ1n) is 5.25. The van der Waals surface area contributed by atoms with Gasteiger partial charge in [0.2, 0.25) is 0 Å². The third kappa shape index (κ3) is 2.43. The van der Waals surface area contributed by atoms with Crippen molar-refractivity contribution < 1.29 is 0 Å². The van der Waals surface area contributed by atoms with Crippen molar-refractivity contribution in [3.05, 3.63) is 34.4 Å². The summed E-state index contributed by atoms with van der Waals surface area (Å²) in [4.78, 5) is 15.5. The number of aromatic amines is 1. The Balaban J connectivity index is 2.31. The smallest absolute Gasteiger partial charge is 0.343 e. The molecule has 0 radical (unpaired) electrons. The van der Waals surface area contributed by atoms with E-state index in [-0.39, 0.29) is 11.5 Å². The maximum Gasteiger partial charge on any atom is 0.343 e. The normalized spacial score (nSPS) is 10.5. The summed E-state index contributed by atoms with van der Waals surface area (Å²) in [5, 5.41) is 14.8. The Labute approximate surface area is 107 Å². The maximum atomic E-state index is 11.4. The second-order valence-electron chi connectivity index (χ2n) is 3.45. The SMILES string of the molecule is CCn1c(Sc2cc(C(=N)N)ccn2)n[nH]c1=O. The molecule has 4 N–H and O–H groups in total. The van der Waals surface area contributed by atoms with E-state index >= 15 is 0 Å². The van der Waals surface area contributed by atoms with E-state index in [0.717, 1.165) is 0 Å². The number of H-pyrrole nitrogens is 1. The second kappa shape index (κ2) is 5.05. The first kappa shape index (κ1) is 12.4. The summed E-state index contributed by atoms with van der Waals surface area (Å²) in [6.07, 6.45) is 1.57. The first-order valence-corrected chi connectivity index (χ1v) is 6.07. The van der Waals surface area contributed by atoms with E-state index in [1.54, 1.807) is 18.3 Å². The van der Waals surface area contributed by atoms with Crippen molar-refractivity contribution in [1.82, 2.24) is 19.7 Å². The number of hydrogen-bond acceptors (Lipinski definition) is 5. The molecule has 0 bridgehead atoms. The molecule has 0 aliphatic carbocycles. The fourth-order valence-corrected chi connectivity index (χ4v) is 2.29. The van der Waals surface area contributed by atoms with E-state index in [0.29, 0.717) is 22.3 Å². The summed E-state index contributed by atoms with van der Waals surface area (Å²) >= 11 is 1.25. The van der Waals surface area contributed by atoms with Crippen molar-refractivity contribution in [2.75, 3.05) is 0 Å². The average molecular weight is 264 g/mol. The molecule has 18 heavy (non-hydrogen) atoms. The van der Waals surface area contributed by atoms with Crippen LogP contribution in [0.3, 0.4) is 0 Å². The van der Waals surface area contributed by atoms with E-state index in [9.17, 15) is 4.79 Å². The molecular weight excluding hydrogens is 252 g/mol. The molecule has 2 heterocycles. The average Bonchev–Trinajstić information content (AvgIpc) is 2.70. The topological polar surface area (TPSA) is 113 Å². The van der Waals surface area contributed by atoms with E-state index in [2.05, 4.69) is 15.2 Å². The summed E-state index contributed by atoms with van der Waals surface area (Å²) in [6, 6.07) is 3.34. The number of hydrogen-bond donors (Lipinski definition) is 3. The Bertz CT molecular complexity index is 631. The highest BCUT2D eigenvalue weighted by Crippen LogP contribution is 2.23. The van der Waals surface area contributed by atoms with Crippen LogP contribution in [0.1, 0.15) is 12.5 Å².